The topological polar surface area (TPSA) is 0 Å². The number of thioether (sulfide) groups is 2. The van der Waals surface area contributed by atoms with Crippen molar-refractivity contribution in [1.82, 2.24) is 0 Å². The van der Waals surface area contributed by atoms with Gasteiger partial charge in [-0.25, -0.2) is 0 Å². The van der Waals surface area contributed by atoms with Crippen molar-refractivity contribution in [3.05, 3.63) is 62.6 Å². The fourth-order valence-electron chi connectivity index (χ4n) is 2.60. The second kappa shape index (κ2) is 11.1. The summed E-state index contributed by atoms with van der Waals surface area (Å²) in [5, 5.41) is 0. The quantitative estimate of drug-likeness (QED) is 0.269. The summed E-state index contributed by atoms with van der Waals surface area (Å²) in [6.45, 7) is 20.1. The third-order valence-corrected chi connectivity index (χ3v) is 10.2. The monoisotopic (exact) mass is 486 g/mol. The van der Waals surface area contributed by atoms with Gasteiger partial charge < -0.3 is 0 Å². The van der Waals surface area contributed by atoms with Crippen LogP contribution in [0.4, 0.5) is 0 Å². The van der Waals surface area contributed by atoms with Crippen LogP contribution in [0, 0.1) is 17.8 Å². The molecular weight excluding hydrogens is 453 g/mol. The Hall–Kier alpha value is -1.12. The molecule has 0 aliphatic carbocycles. The second-order valence-electron chi connectivity index (χ2n) is 9.58. The first kappa shape index (κ1) is 26.1. The zero-order valence-corrected chi connectivity index (χ0v) is 23.1. The van der Waals surface area contributed by atoms with Crippen LogP contribution in [0.3, 0.4) is 0 Å². The van der Waals surface area contributed by atoms with E-state index >= 15 is 0 Å². The van der Waals surface area contributed by atoms with E-state index in [0.29, 0.717) is 6.42 Å². The molecule has 2 aromatic heterocycles. The van der Waals surface area contributed by atoms with Crippen LogP contribution in [-0.4, -0.2) is 5.75 Å². The van der Waals surface area contributed by atoms with E-state index in [1.807, 2.05) is 34.4 Å². The summed E-state index contributed by atoms with van der Waals surface area (Å²) < 4.78 is 0. The normalized spacial score (nSPS) is 13.4. The Morgan fingerprint density at radius 1 is 1.03 bits per heavy atom. The molecule has 0 saturated carbocycles. The molecule has 0 N–H and O–H groups in total. The Morgan fingerprint density at radius 2 is 1.68 bits per heavy atom. The van der Waals surface area contributed by atoms with Gasteiger partial charge >= 0.3 is 0 Å². The summed E-state index contributed by atoms with van der Waals surface area (Å²) in [5.74, 6) is 3.79. The lowest BCUT2D eigenvalue weighted by atomic mass is 9.95. The third-order valence-electron chi connectivity index (χ3n) is 4.27. The number of terminal acetylenes is 1. The van der Waals surface area contributed by atoms with Crippen molar-refractivity contribution in [3.8, 4) is 22.1 Å². The Kier molecular flexibility index (Phi) is 9.40. The van der Waals surface area contributed by atoms with Gasteiger partial charge in [-0.1, -0.05) is 72.0 Å². The van der Waals surface area contributed by atoms with Crippen molar-refractivity contribution in [2.24, 2.45) is 5.41 Å². The molecule has 0 amide bonds. The van der Waals surface area contributed by atoms with E-state index in [1.54, 1.807) is 11.8 Å². The maximum absolute atomic E-state index is 5.53. The molecule has 0 fully saturated rings. The summed E-state index contributed by atoms with van der Waals surface area (Å²) in [4.78, 5) is 8.86. The predicted octanol–water partition coefficient (Wildman–Crippen LogP) is 10.1. The fraction of sp³-hybridized carbons (Fsp3) is 0.407. The van der Waals surface area contributed by atoms with Gasteiger partial charge in [0.05, 0.1) is 0 Å². The molecule has 2 heterocycles. The first-order chi connectivity index (χ1) is 14.4. The van der Waals surface area contributed by atoms with Crippen LogP contribution in [-0.2, 0) is 5.41 Å². The van der Waals surface area contributed by atoms with Gasteiger partial charge in [0.25, 0.3) is 0 Å². The molecule has 0 spiro atoms. The first-order valence-corrected chi connectivity index (χ1v) is 13.9. The van der Waals surface area contributed by atoms with Gasteiger partial charge in [-0.15, -0.1) is 46.8 Å². The Morgan fingerprint density at radius 3 is 2.23 bits per heavy atom. The predicted molar refractivity (Wildman–Crippen MR) is 150 cm³/mol. The molecular formula is C27H34S4. The van der Waals surface area contributed by atoms with Crippen LogP contribution in [0.1, 0.15) is 64.6 Å². The highest BCUT2D eigenvalue weighted by Crippen LogP contribution is 2.45. The fourth-order valence-corrected chi connectivity index (χ4v) is 6.97. The molecule has 0 unspecified atom stereocenters. The minimum Gasteiger partial charge on any atom is -0.139 e. The third kappa shape index (κ3) is 8.06. The SMILES string of the molecule is C#CC/C=C(SCC(C)(C)C)/C(=C/C)SC(=C)c1ccc(-c2ccc(C(C)(C)C)s2)s1. The van der Waals surface area contributed by atoms with Crippen LogP contribution in [0.5, 0.6) is 0 Å². The minimum atomic E-state index is 0.190. The second-order valence-corrected chi connectivity index (χ2v) is 13.9. The lowest BCUT2D eigenvalue weighted by Crippen LogP contribution is -2.08. The molecule has 31 heavy (non-hydrogen) atoms. The number of rotatable bonds is 8. The zero-order valence-electron chi connectivity index (χ0n) is 19.8. The maximum atomic E-state index is 5.53. The smallest absolute Gasteiger partial charge is 0.0449 e. The van der Waals surface area contributed by atoms with Gasteiger partial charge in [0.1, 0.15) is 0 Å². The average molecular weight is 487 g/mol. The molecule has 0 nitrogen and oxygen atoms in total. The zero-order chi connectivity index (χ0) is 23.2. The van der Waals surface area contributed by atoms with E-state index in [2.05, 4.69) is 97.4 Å². The molecule has 4 heteroatoms. The number of hydrogen-bond acceptors (Lipinski definition) is 4. The standard InChI is InChI=1S/C27H34S4/c1-10-12-13-22(28-18-26(4,5)6)20(11-2)29-19(3)21-14-15-23(30-21)24-16-17-25(31-24)27(7,8)9/h1,11,13-17H,3,12,18H2,2,4-9H3/b20-11-,22-13-. The van der Waals surface area contributed by atoms with Gasteiger partial charge in [0.2, 0.25) is 0 Å². The van der Waals surface area contributed by atoms with Crippen LogP contribution >= 0.6 is 46.2 Å². The van der Waals surface area contributed by atoms with Crippen molar-refractivity contribution in [2.75, 3.05) is 5.75 Å². The summed E-state index contributed by atoms with van der Waals surface area (Å²) in [6.07, 6.45) is 10.5. The van der Waals surface area contributed by atoms with Crippen molar-refractivity contribution < 1.29 is 0 Å². The molecule has 0 aliphatic rings. The van der Waals surface area contributed by atoms with E-state index in [4.69, 9.17) is 6.42 Å². The largest absolute Gasteiger partial charge is 0.139 e. The lowest BCUT2D eigenvalue weighted by molar-refractivity contribution is 0.481. The van der Waals surface area contributed by atoms with Crippen LogP contribution in [0.15, 0.2) is 52.8 Å². The molecule has 0 bridgehead atoms. The van der Waals surface area contributed by atoms with Gasteiger partial charge in [-0.2, -0.15) is 0 Å². The summed E-state index contributed by atoms with van der Waals surface area (Å²) in [7, 11) is 0. The number of thiophene rings is 2. The van der Waals surface area contributed by atoms with E-state index < -0.39 is 0 Å². The number of allylic oxidation sites excluding steroid dienone is 2. The first-order valence-electron chi connectivity index (χ1n) is 10.5. The van der Waals surface area contributed by atoms with Crippen molar-refractivity contribution in [1.29, 1.82) is 0 Å². The van der Waals surface area contributed by atoms with Gasteiger partial charge in [-0.05, 0) is 42.0 Å². The van der Waals surface area contributed by atoms with E-state index in [1.165, 1.54) is 29.3 Å². The summed E-state index contributed by atoms with van der Waals surface area (Å²) >= 11 is 7.35. The molecule has 0 aliphatic heterocycles. The highest BCUT2D eigenvalue weighted by atomic mass is 32.2. The Labute approximate surface area is 206 Å². The molecule has 166 valence electrons. The summed E-state index contributed by atoms with van der Waals surface area (Å²) in [6, 6.07) is 8.93. The summed E-state index contributed by atoms with van der Waals surface area (Å²) in [5.41, 5.74) is 0.449. The van der Waals surface area contributed by atoms with E-state index in [9.17, 15) is 0 Å². The van der Waals surface area contributed by atoms with Crippen LogP contribution in [0.2, 0.25) is 0 Å². The van der Waals surface area contributed by atoms with Crippen molar-refractivity contribution in [3.63, 3.8) is 0 Å². The van der Waals surface area contributed by atoms with Gasteiger partial charge in [0, 0.05) is 46.4 Å². The van der Waals surface area contributed by atoms with E-state index in [0.717, 1.165) is 10.7 Å². The highest BCUT2D eigenvalue weighted by molar-refractivity contribution is 8.14. The van der Waals surface area contributed by atoms with Gasteiger partial charge in [-0.3, -0.25) is 0 Å². The van der Waals surface area contributed by atoms with Gasteiger partial charge in [0.15, 0.2) is 0 Å². The Bertz CT molecular complexity index is 991. The van der Waals surface area contributed by atoms with Crippen LogP contribution < -0.4 is 0 Å². The molecule has 0 radical (unpaired) electrons. The lowest BCUT2D eigenvalue weighted by Gasteiger charge is -2.20. The van der Waals surface area contributed by atoms with Crippen molar-refractivity contribution >= 4 is 51.1 Å². The average Bonchev–Trinajstić information content (AvgIpc) is 3.34. The maximum Gasteiger partial charge on any atom is 0.0449 e. The molecule has 0 saturated heterocycles. The minimum absolute atomic E-state index is 0.190. The Balaban J connectivity index is 2.17. The number of hydrogen-bond donors (Lipinski definition) is 0. The molecule has 2 aromatic rings. The molecule has 0 atom stereocenters. The highest BCUT2D eigenvalue weighted by Gasteiger charge is 2.18. The molecule has 2 rings (SSSR count). The van der Waals surface area contributed by atoms with Crippen molar-refractivity contribution in [2.45, 2.75) is 60.3 Å². The molecule has 0 aromatic carbocycles. The van der Waals surface area contributed by atoms with E-state index in [-0.39, 0.29) is 10.8 Å². The van der Waals surface area contributed by atoms with Crippen LogP contribution in [0.25, 0.3) is 14.7 Å².